The minimum atomic E-state index is 0. The lowest BCUT2D eigenvalue weighted by molar-refractivity contribution is 0.338. The molecule has 1 rings (SSSR count). The van der Waals surface area contributed by atoms with Gasteiger partial charge in [0.1, 0.15) is 5.75 Å². The van der Waals surface area contributed by atoms with Gasteiger partial charge in [0.25, 0.3) is 0 Å². The van der Waals surface area contributed by atoms with Gasteiger partial charge in [0.05, 0.1) is 13.2 Å². The zero-order valence-corrected chi connectivity index (χ0v) is 16.0. The summed E-state index contributed by atoms with van der Waals surface area (Å²) >= 11 is 0. The van der Waals surface area contributed by atoms with Crippen LogP contribution in [0.4, 0.5) is 0 Å². The average Bonchev–Trinajstić information content (AvgIpc) is 2.39. The Morgan fingerprint density at radius 1 is 1.29 bits per heavy atom. The summed E-state index contributed by atoms with van der Waals surface area (Å²) in [5, 5.41) is 6.56. The Balaban J connectivity index is 0.00000400. The normalized spacial score (nSPS) is 11.0. The van der Waals surface area contributed by atoms with E-state index in [1.165, 1.54) is 5.56 Å². The van der Waals surface area contributed by atoms with E-state index in [0.717, 1.165) is 23.8 Å². The van der Waals surface area contributed by atoms with Crippen molar-refractivity contribution >= 4 is 29.9 Å². The number of hydrogen-bond donors (Lipinski definition) is 2. The minimum Gasteiger partial charge on any atom is -0.494 e. The van der Waals surface area contributed by atoms with Crippen molar-refractivity contribution in [3.63, 3.8) is 0 Å². The van der Waals surface area contributed by atoms with Gasteiger partial charge >= 0.3 is 0 Å². The maximum atomic E-state index is 5.55. The molecule has 1 aromatic rings. The maximum Gasteiger partial charge on any atom is 0.191 e. The molecule has 0 bridgehead atoms. The van der Waals surface area contributed by atoms with E-state index >= 15 is 0 Å². The molecule has 0 heterocycles. The first-order valence-corrected chi connectivity index (χ1v) is 7.34. The van der Waals surface area contributed by atoms with Crippen LogP contribution in [0.2, 0.25) is 0 Å². The number of benzene rings is 1. The van der Waals surface area contributed by atoms with Crippen molar-refractivity contribution in [2.24, 2.45) is 4.99 Å². The van der Waals surface area contributed by atoms with Gasteiger partial charge in [-0.3, -0.25) is 0 Å². The fourth-order valence-electron chi connectivity index (χ4n) is 1.89. The van der Waals surface area contributed by atoms with Gasteiger partial charge in [-0.05, 0) is 51.8 Å². The molecule has 0 saturated carbocycles. The Kier molecular flexibility index (Phi) is 10.2. The number of aryl methyl sites for hydroxylation is 1. The van der Waals surface area contributed by atoms with E-state index < -0.39 is 0 Å². The van der Waals surface area contributed by atoms with Crippen LogP contribution in [0, 0.1) is 6.92 Å². The van der Waals surface area contributed by atoms with Crippen LogP contribution in [0.1, 0.15) is 38.8 Å². The number of nitrogens with one attached hydrogen (secondary N) is 2. The minimum absolute atomic E-state index is 0. The highest BCUT2D eigenvalue weighted by Gasteiger charge is 2.02. The zero-order valence-electron chi connectivity index (χ0n) is 13.7. The average molecular weight is 405 g/mol. The number of rotatable bonds is 6. The largest absolute Gasteiger partial charge is 0.494 e. The molecule has 1 aromatic carbocycles. The Bertz CT molecular complexity index is 447. The molecule has 0 unspecified atom stereocenters. The van der Waals surface area contributed by atoms with Crippen molar-refractivity contribution in [1.29, 1.82) is 0 Å². The van der Waals surface area contributed by atoms with Crippen LogP contribution in [-0.2, 0) is 6.54 Å². The monoisotopic (exact) mass is 405 g/mol. The topological polar surface area (TPSA) is 45.7 Å². The standard InChI is InChI=1S/C16H27N3O.HI/c1-6-17-16(19-12(3)4)18-11-14-8-9-15(20-7-2)13(5)10-14;/h8-10,12H,6-7,11H2,1-5H3,(H2,17,18,19);1H. The number of guanidine groups is 1. The van der Waals surface area contributed by atoms with E-state index in [-0.39, 0.29) is 24.0 Å². The van der Waals surface area contributed by atoms with Crippen LogP contribution >= 0.6 is 24.0 Å². The van der Waals surface area contributed by atoms with Crippen LogP contribution in [0.15, 0.2) is 23.2 Å². The zero-order chi connectivity index (χ0) is 15.0. The molecule has 21 heavy (non-hydrogen) atoms. The van der Waals surface area contributed by atoms with Crippen LogP contribution < -0.4 is 15.4 Å². The van der Waals surface area contributed by atoms with Crippen LogP contribution in [-0.4, -0.2) is 25.2 Å². The van der Waals surface area contributed by atoms with Crippen molar-refractivity contribution in [3.8, 4) is 5.75 Å². The highest BCUT2D eigenvalue weighted by atomic mass is 127. The molecular formula is C16H28IN3O. The highest BCUT2D eigenvalue weighted by Crippen LogP contribution is 2.19. The maximum absolute atomic E-state index is 5.55. The number of halogens is 1. The van der Waals surface area contributed by atoms with E-state index in [9.17, 15) is 0 Å². The van der Waals surface area contributed by atoms with Gasteiger partial charge in [0.2, 0.25) is 0 Å². The lowest BCUT2D eigenvalue weighted by atomic mass is 10.1. The number of ether oxygens (including phenoxy) is 1. The van der Waals surface area contributed by atoms with Crippen LogP contribution in [0.3, 0.4) is 0 Å². The second-order valence-corrected chi connectivity index (χ2v) is 5.03. The SMILES string of the molecule is CCNC(=NCc1ccc(OCC)c(C)c1)NC(C)C.I. The van der Waals surface area contributed by atoms with Crippen molar-refractivity contribution in [2.45, 2.75) is 47.2 Å². The van der Waals surface area contributed by atoms with Crippen LogP contribution in [0.5, 0.6) is 5.75 Å². The molecular weight excluding hydrogens is 377 g/mol. The Morgan fingerprint density at radius 2 is 2.00 bits per heavy atom. The predicted octanol–water partition coefficient (Wildman–Crippen LogP) is 3.48. The van der Waals surface area contributed by atoms with Crippen molar-refractivity contribution in [2.75, 3.05) is 13.2 Å². The first-order valence-electron chi connectivity index (χ1n) is 7.34. The number of aliphatic imine (C=N–C) groups is 1. The molecule has 0 spiro atoms. The summed E-state index contributed by atoms with van der Waals surface area (Å²) in [6.07, 6.45) is 0. The first kappa shape index (κ1) is 20.0. The molecule has 0 atom stereocenters. The van der Waals surface area contributed by atoms with Gasteiger partial charge in [-0.1, -0.05) is 12.1 Å². The molecule has 2 N–H and O–H groups in total. The lowest BCUT2D eigenvalue weighted by Gasteiger charge is -2.14. The summed E-state index contributed by atoms with van der Waals surface area (Å²) in [5.74, 6) is 1.81. The third-order valence-electron chi connectivity index (χ3n) is 2.73. The molecule has 0 aliphatic carbocycles. The summed E-state index contributed by atoms with van der Waals surface area (Å²) in [6, 6.07) is 6.59. The molecule has 4 nitrogen and oxygen atoms in total. The number of nitrogens with zero attached hydrogens (tertiary/aromatic N) is 1. The quantitative estimate of drug-likeness (QED) is 0.433. The second-order valence-electron chi connectivity index (χ2n) is 5.03. The van der Waals surface area contributed by atoms with E-state index in [1.807, 2.05) is 13.0 Å². The Labute approximate surface area is 145 Å². The first-order chi connectivity index (χ1) is 9.56. The van der Waals surface area contributed by atoms with Gasteiger partial charge in [0.15, 0.2) is 5.96 Å². The molecule has 0 aliphatic heterocycles. The summed E-state index contributed by atoms with van der Waals surface area (Å²) in [5.41, 5.74) is 2.34. The summed E-state index contributed by atoms with van der Waals surface area (Å²) in [7, 11) is 0. The summed E-state index contributed by atoms with van der Waals surface area (Å²) in [4.78, 5) is 4.59. The fourth-order valence-corrected chi connectivity index (χ4v) is 1.89. The summed E-state index contributed by atoms with van der Waals surface area (Å²) in [6.45, 7) is 12.6. The molecule has 0 fully saturated rings. The Morgan fingerprint density at radius 3 is 2.52 bits per heavy atom. The second kappa shape index (κ2) is 10.7. The van der Waals surface area contributed by atoms with Gasteiger partial charge in [0, 0.05) is 12.6 Å². The molecule has 0 amide bonds. The van der Waals surface area contributed by atoms with E-state index in [4.69, 9.17) is 4.74 Å². The molecule has 120 valence electrons. The third-order valence-corrected chi connectivity index (χ3v) is 2.73. The smallest absolute Gasteiger partial charge is 0.191 e. The van der Waals surface area contributed by atoms with Gasteiger partial charge in [-0.2, -0.15) is 0 Å². The van der Waals surface area contributed by atoms with Crippen molar-refractivity contribution in [1.82, 2.24) is 10.6 Å². The fraction of sp³-hybridized carbons (Fsp3) is 0.562. The Hall–Kier alpha value is -0.980. The van der Waals surface area contributed by atoms with Gasteiger partial charge in [-0.15, -0.1) is 24.0 Å². The third kappa shape index (κ3) is 7.55. The van der Waals surface area contributed by atoms with E-state index in [1.54, 1.807) is 0 Å². The molecule has 0 saturated heterocycles. The van der Waals surface area contributed by atoms with E-state index in [2.05, 4.69) is 55.5 Å². The van der Waals surface area contributed by atoms with Crippen molar-refractivity contribution < 1.29 is 4.74 Å². The van der Waals surface area contributed by atoms with Gasteiger partial charge in [-0.25, -0.2) is 4.99 Å². The molecule has 5 heteroatoms. The molecule has 0 radical (unpaired) electrons. The molecule has 0 aliphatic rings. The predicted molar refractivity (Wildman–Crippen MR) is 101 cm³/mol. The highest BCUT2D eigenvalue weighted by molar-refractivity contribution is 14.0. The van der Waals surface area contributed by atoms with Gasteiger partial charge < -0.3 is 15.4 Å². The lowest BCUT2D eigenvalue weighted by Crippen LogP contribution is -2.40. The van der Waals surface area contributed by atoms with Crippen LogP contribution in [0.25, 0.3) is 0 Å². The molecule has 0 aromatic heterocycles. The number of hydrogen-bond acceptors (Lipinski definition) is 2. The summed E-state index contributed by atoms with van der Waals surface area (Å²) < 4.78 is 5.55. The van der Waals surface area contributed by atoms with E-state index in [0.29, 0.717) is 19.2 Å². The van der Waals surface area contributed by atoms with Crippen molar-refractivity contribution in [3.05, 3.63) is 29.3 Å².